The van der Waals surface area contributed by atoms with Crippen LogP contribution in [0.25, 0.3) is 55.2 Å². The van der Waals surface area contributed by atoms with Crippen LogP contribution in [0.1, 0.15) is 13.3 Å². The van der Waals surface area contributed by atoms with Crippen LogP contribution in [0.2, 0.25) is 0 Å². The van der Waals surface area contributed by atoms with Gasteiger partial charge in [0, 0.05) is 39.5 Å². The second-order valence-corrected chi connectivity index (χ2v) is 9.15. The molecule has 7 nitrogen and oxygen atoms in total. The van der Waals surface area contributed by atoms with Gasteiger partial charge in [0.1, 0.15) is 16.9 Å². The lowest BCUT2D eigenvalue weighted by molar-refractivity contribution is 0.657. The van der Waals surface area contributed by atoms with Crippen LogP contribution in [0.4, 0.5) is 10.1 Å². The molecule has 0 amide bonds. The van der Waals surface area contributed by atoms with Gasteiger partial charge in [-0.25, -0.2) is 9.97 Å². The molecule has 0 atom stereocenters. The summed E-state index contributed by atoms with van der Waals surface area (Å²) in [6.07, 6.45) is 6.10. The molecule has 0 unspecified atom stereocenters. The third-order valence-electron chi connectivity index (χ3n) is 5.82. The minimum Gasteiger partial charge on any atom is -0.358 e. The molecular formula is C26H20FN7S. The highest BCUT2D eigenvalue weighted by Gasteiger charge is 2.16. The first-order valence-corrected chi connectivity index (χ1v) is 11.9. The Morgan fingerprint density at radius 2 is 2.06 bits per heavy atom. The lowest BCUT2D eigenvalue weighted by Gasteiger charge is -2.08. The molecular weight excluding hydrogens is 461 g/mol. The summed E-state index contributed by atoms with van der Waals surface area (Å²) in [6.45, 7) is 6.05. The molecule has 6 aromatic rings. The van der Waals surface area contributed by atoms with Crippen molar-refractivity contribution in [2.24, 2.45) is 0 Å². The summed E-state index contributed by atoms with van der Waals surface area (Å²) in [6, 6.07) is 13.0. The highest BCUT2D eigenvalue weighted by atomic mass is 32.1. The number of nitrogens with one attached hydrogen (secondary N) is 3. The van der Waals surface area contributed by atoms with Crippen LogP contribution in [0.5, 0.6) is 0 Å². The second-order valence-electron chi connectivity index (χ2n) is 8.12. The van der Waals surface area contributed by atoms with E-state index in [4.69, 9.17) is 4.98 Å². The van der Waals surface area contributed by atoms with Crippen LogP contribution in [0, 0.1) is 5.13 Å². The maximum Gasteiger partial charge on any atom is 0.176 e. The SMILES string of the molecule is C=C(CC)Nc1cncc(-c2ccc3[nH]nc(-c4cc5c(-c6ccc(F)s6)ccnc5[nH]4)c3n2)c1. The number of anilines is 1. The highest BCUT2D eigenvalue weighted by Crippen LogP contribution is 2.35. The molecule has 9 heteroatoms. The maximum atomic E-state index is 13.7. The van der Waals surface area contributed by atoms with Crippen molar-refractivity contribution in [1.29, 1.82) is 0 Å². The summed E-state index contributed by atoms with van der Waals surface area (Å²) in [5, 5.41) is 11.5. The Morgan fingerprint density at radius 1 is 1.14 bits per heavy atom. The molecule has 172 valence electrons. The number of pyridine rings is 3. The zero-order chi connectivity index (χ0) is 23.9. The first-order chi connectivity index (χ1) is 17.1. The molecule has 0 spiro atoms. The van der Waals surface area contributed by atoms with Crippen LogP contribution in [0.15, 0.2) is 73.3 Å². The average molecular weight is 482 g/mol. The maximum absolute atomic E-state index is 13.7. The Labute approximate surface area is 203 Å². The van der Waals surface area contributed by atoms with Crippen LogP contribution >= 0.6 is 11.3 Å². The van der Waals surface area contributed by atoms with Crippen molar-refractivity contribution >= 4 is 39.1 Å². The lowest BCUT2D eigenvalue weighted by Crippen LogP contribution is -1.97. The zero-order valence-electron chi connectivity index (χ0n) is 18.8. The largest absolute Gasteiger partial charge is 0.358 e. The highest BCUT2D eigenvalue weighted by molar-refractivity contribution is 7.14. The number of aromatic nitrogens is 6. The summed E-state index contributed by atoms with van der Waals surface area (Å²) in [7, 11) is 0. The third-order valence-corrected chi connectivity index (χ3v) is 6.72. The van der Waals surface area contributed by atoms with Gasteiger partial charge in [0.2, 0.25) is 0 Å². The molecule has 0 saturated heterocycles. The van der Waals surface area contributed by atoms with E-state index in [-0.39, 0.29) is 5.13 Å². The number of allylic oxidation sites excluding steroid dienone is 1. The lowest BCUT2D eigenvalue weighted by atomic mass is 10.1. The number of halogens is 1. The number of aromatic amines is 2. The number of nitrogens with zero attached hydrogens (tertiary/aromatic N) is 4. The minimum absolute atomic E-state index is 0.219. The van der Waals surface area contributed by atoms with Crippen LogP contribution in [-0.4, -0.2) is 30.1 Å². The topological polar surface area (TPSA) is 95.2 Å². The number of hydrogen-bond donors (Lipinski definition) is 3. The van der Waals surface area contributed by atoms with Crippen LogP contribution in [-0.2, 0) is 0 Å². The van der Waals surface area contributed by atoms with Gasteiger partial charge in [-0.15, -0.1) is 11.3 Å². The van der Waals surface area contributed by atoms with E-state index in [1.807, 2.05) is 37.3 Å². The predicted molar refractivity (Wildman–Crippen MR) is 139 cm³/mol. The van der Waals surface area contributed by atoms with Gasteiger partial charge in [-0.05, 0) is 48.9 Å². The Morgan fingerprint density at radius 3 is 2.89 bits per heavy atom. The fourth-order valence-electron chi connectivity index (χ4n) is 4.02. The van der Waals surface area contributed by atoms with E-state index in [9.17, 15) is 4.39 Å². The fourth-order valence-corrected chi connectivity index (χ4v) is 4.79. The molecule has 0 radical (unpaired) electrons. The summed E-state index contributed by atoms with van der Waals surface area (Å²) < 4.78 is 13.7. The smallest absolute Gasteiger partial charge is 0.176 e. The molecule has 0 bridgehead atoms. The molecule has 0 aromatic carbocycles. The van der Waals surface area contributed by atoms with Crippen LogP contribution in [0.3, 0.4) is 0 Å². The van der Waals surface area contributed by atoms with Gasteiger partial charge < -0.3 is 10.3 Å². The fraction of sp³-hybridized carbons (Fsp3) is 0.0769. The molecule has 6 rings (SSSR count). The van der Waals surface area contributed by atoms with Gasteiger partial charge in [-0.1, -0.05) is 13.5 Å². The van der Waals surface area contributed by atoms with Gasteiger partial charge in [-0.3, -0.25) is 10.1 Å². The van der Waals surface area contributed by atoms with Gasteiger partial charge in [-0.2, -0.15) is 9.49 Å². The van der Waals surface area contributed by atoms with Crippen LogP contribution < -0.4 is 5.32 Å². The zero-order valence-corrected chi connectivity index (χ0v) is 19.6. The van der Waals surface area contributed by atoms with Crippen molar-refractivity contribution in [3.8, 4) is 33.1 Å². The van der Waals surface area contributed by atoms with Crippen molar-refractivity contribution in [2.45, 2.75) is 13.3 Å². The molecule has 0 aliphatic rings. The van der Waals surface area contributed by atoms with Gasteiger partial charge in [0.05, 0.1) is 28.8 Å². The van der Waals surface area contributed by atoms with Crippen molar-refractivity contribution in [3.63, 3.8) is 0 Å². The molecule has 0 fully saturated rings. The van der Waals surface area contributed by atoms with E-state index in [1.165, 1.54) is 6.07 Å². The molecule has 0 aliphatic carbocycles. The third kappa shape index (κ3) is 3.85. The minimum atomic E-state index is -0.219. The van der Waals surface area contributed by atoms with Gasteiger partial charge in [0.15, 0.2) is 5.13 Å². The van der Waals surface area contributed by atoms with E-state index in [0.29, 0.717) is 11.3 Å². The van der Waals surface area contributed by atoms with Crippen molar-refractivity contribution in [2.75, 3.05) is 5.32 Å². The number of rotatable bonds is 6. The number of hydrogen-bond acceptors (Lipinski definition) is 6. The Balaban J connectivity index is 1.43. The van der Waals surface area contributed by atoms with Gasteiger partial charge >= 0.3 is 0 Å². The summed E-state index contributed by atoms with van der Waals surface area (Å²) in [5.74, 6) is 0. The molecule has 6 aromatic heterocycles. The standard InChI is InChI=1S/C26H20FN7S/c1-3-14(2)30-16-10-15(12-28-13-16)19-4-5-20-24(31-19)25(34-33-20)21-11-18-17(8-9-29-26(18)32-21)22-6-7-23(27)35-22/h4-13,30H,2-3H2,1H3,(H,29,32)(H,33,34). The number of fused-ring (bicyclic) bond motifs is 2. The summed E-state index contributed by atoms with van der Waals surface area (Å²) in [5.41, 5.74) is 8.08. The molecule has 35 heavy (non-hydrogen) atoms. The van der Waals surface area contributed by atoms with E-state index >= 15 is 0 Å². The monoisotopic (exact) mass is 481 g/mol. The number of H-pyrrole nitrogens is 2. The first kappa shape index (κ1) is 21.2. The van der Waals surface area contributed by atoms with Crippen molar-refractivity contribution in [3.05, 3.63) is 78.5 Å². The average Bonchev–Trinajstić information content (AvgIpc) is 3.61. The molecule has 0 aliphatic heterocycles. The van der Waals surface area contributed by atoms with E-state index < -0.39 is 0 Å². The van der Waals surface area contributed by atoms with Crippen molar-refractivity contribution in [1.82, 2.24) is 30.1 Å². The quantitative estimate of drug-likeness (QED) is 0.244. The molecule has 0 saturated carbocycles. The Kier molecular flexibility index (Phi) is 5.11. The van der Waals surface area contributed by atoms with Crippen molar-refractivity contribution < 1.29 is 4.39 Å². The summed E-state index contributed by atoms with van der Waals surface area (Å²) in [4.78, 5) is 17.9. The second kappa shape index (κ2) is 8.44. The first-order valence-electron chi connectivity index (χ1n) is 11.1. The predicted octanol–water partition coefficient (Wildman–Crippen LogP) is 6.77. The van der Waals surface area contributed by atoms with E-state index in [1.54, 1.807) is 24.7 Å². The summed E-state index contributed by atoms with van der Waals surface area (Å²) >= 11 is 1.11. The Hall–Kier alpha value is -4.37. The van der Waals surface area contributed by atoms with E-state index in [2.05, 4.69) is 37.0 Å². The molecule has 6 heterocycles. The van der Waals surface area contributed by atoms with Gasteiger partial charge in [0.25, 0.3) is 0 Å². The Bertz CT molecular complexity index is 1710. The normalized spacial score (nSPS) is 11.4. The number of thiophene rings is 1. The van der Waals surface area contributed by atoms with E-state index in [0.717, 1.165) is 73.0 Å². The molecule has 3 N–H and O–H groups in total.